The summed E-state index contributed by atoms with van der Waals surface area (Å²) in [6, 6.07) is 7.05. The average Bonchev–Trinajstić information content (AvgIpc) is 2.96. The van der Waals surface area contributed by atoms with Crippen molar-refractivity contribution in [3.05, 3.63) is 63.6 Å². The number of benzene rings is 1. The van der Waals surface area contributed by atoms with Crippen LogP contribution in [0.1, 0.15) is 48.9 Å². The minimum absolute atomic E-state index is 0.119. The third-order valence-corrected chi connectivity index (χ3v) is 5.04. The largest absolute Gasteiger partial charge is 0.478 e. The number of carboxylic acid groups (broad SMARTS) is 1. The first-order valence-electron chi connectivity index (χ1n) is 8.83. The van der Waals surface area contributed by atoms with Crippen molar-refractivity contribution in [1.82, 2.24) is 19.5 Å². The number of aromatic carboxylic acids is 1. The molecule has 3 aromatic rings. The van der Waals surface area contributed by atoms with Gasteiger partial charge >= 0.3 is 5.97 Å². The molecule has 7 heteroatoms. The molecular weight excluding hydrogens is 344 g/mol. The minimum Gasteiger partial charge on any atom is -0.478 e. The molecule has 0 aliphatic carbocycles. The van der Waals surface area contributed by atoms with Gasteiger partial charge in [0.2, 0.25) is 0 Å². The van der Waals surface area contributed by atoms with Gasteiger partial charge in [0, 0.05) is 24.5 Å². The molecule has 1 aliphatic heterocycles. The Bertz CT molecular complexity index is 1100. The Morgan fingerprint density at radius 1 is 1.11 bits per heavy atom. The van der Waals surface area contributed by atoms with E-state index in [1.54, 1.807) is 21.5 Å². The Hall–Kier alpha value is -3.22. The van der Waals surface area contributed by atoms with Crippen LogP contribution in [0, 0.1) is 20.8 Å². The molecule has 4 rings (SSSR count). The van der Waals surface area contributed by atoms with E-state index in [0.717, 1.165) is 22.5 Å². The molecule has 0 unspecified atom stereocenters. The van der Waals surface area contributed by atoms with Gasteiger partial charge in [-0.05, 0) is 56.5 Å². The quantitative estimate of drug-likeness (QED) is 0.755. The molecule has 7 nitrogen and oxygen atoms in total. The van der Waals surface area contributed by atoms with Gasteiger partial charge in [-0.2, -0.15) is 5.10 Å². The van der Waals surface area contributed by atoms with Crippen molar-refractivity contribution >= 4 is 17.5 Å². The first kappa shape index (κ1) is 17.2. The molecule has 138 valence electrons. The Balaban J connectivity index is 1.72. The summed E-state index contributed by atoms with van der Waals surface area (Å²) in [5.41, 5.74) is 5.70. The predicted octanol–water partition coefficient (Wildman–Crippen LogP) is 2.55. The lowest BCUT2D eigenvalue weighted by molar-refractivity contribution is 0.0696. The van der Waals surface area contributed by atoms with E-state index in [0.29, 0.717) is 36.4 Å². The third-order valence-electron chi connectivity index (χ3n) is 5.04. The first-order valence-corrected chi connectivity index (χ1v) is 8.83. The number of nitrogens with zero attached hydrogens (tertiary/aromatic N) is 4. The van der Waals surface area contributed by atoms with Crippen LogP contribution in [0.3, 0.4) is 0 Å². The second kappa shape index (κ2) is 6.19. The van der Waals surface area contributed by atoms with E-state index in [-0.39, 0.29) is 11.5 Å². The first-order chi connectivity index (χ1) is 12.8. The van der Waals surface area contributed by atoms with Gasteiger partial charge in [0.05, 0.1) is 11.3 Å². The van der Waals surface area contributed by atoms with Gasteiger partial charge in [-0.3, -0.25) is 4.79 Å². The average molecular weight is 364 g/mol. The van der Waals surface area contributed by atoms with E-state index in [9.17, 15) is 14.7 Å². The maximum Gasteiger partial charge on any atom is 0.335 e. The molecule has 0 radical (unpaired) electrons. The van der Waals surface area contributed by atoms with Crippen molar-refractivity contribution in [2.45, 2.75) is 33.7 Å². The smallest absolute Gasteiger partial charge is 0.335 e. The van der Waals surface area contributed by atoms with E-state index in [1.807, 2.05) is 32.9 Å². The molecule has 3 heterocycles. The molecule has 0 saturated carbocycles. The summed E-state index contributed by atoms with van der Waals surface area (Å²) < 4.78 is 1.70. The highest BCUT2D eigenvalue weighted by molar-refractivity contribution is 6.01. The van der Waals surface area contributed by atoms with Crippen molar-refractivity contribution in [2.24, 2.45) is 0 Å². The lowest BCUT2D eigenvalue weighted by Gasteiger charge is -2.29. The normalized spacial score (nSPS) is 13.7. The van der Waals surface area contributed by atoms with Gasteiger partial charge in [0.1, 0.15) is 5.56 Å². The number of aryl methyl sites for hydroxylation is 3. The molecular formula is C20H20N4O3. The molecule has 0 saturated heterocycles. The number of fused-ring (bicyclic) bond motifs is 2. The fourth-order valence-corrected chi connectivity index (χ4v) is 3.70. The van der Waals surface area contributed by atoms with Crippen molar-refractivity contribution in [3.63, 3.8) is 0 Å². The summed E-state index contributed by atoms with van der Waals surface area (Å²) in [5, 5.41) is 13.7. The maximum absolute atomic E-state index is 13.3. The predicted molar refractivity (Wildman–Crippen MR) is 99.0 cm³/mol. The SMILES string of the molecule is Cc1cc(C)n2nc(C)c(C(=O)N3CCc4ccc(C(=O)O)cc4C3)c2n1. The third kappa shape index (κ3) is 2.85. The lowest BCUT2D eigenvalue weighted by Crippen LogP contribution is -2.36. The zero-order valence-electron chi connectivity index (χ0n) is 15.5. The zero-order chi connectivity index (χ0) is 19.3. The molecule has 0 bridgehead atoms. The van der Waals surface area contributed by atoms with Crippen LogP contribution in [-0.2, 0) is 13.0 Å². The highest BCUT2D eigenvalue weighted by Crippen LogP contribution is 2.24. The van der Waals surface area contributed by atoms with E-state index < -0.39 is 5.97 Å². The van der Waals surface area contributed by atoms with Crippen LogP contribution in [0.15, 0.2) is 24.3 Å². The summed E-state index contributed by atoms with van der Waals surface area (Å²) in [6.45, 7) is 6.62. The van der Waals surface area contributed by atoms with Crippen LogP contribution in [0.2, 0.25) is 0 Å². The number of hydrogen-bond donors (Lipinski definition) is 1. The fraction of sp³-hybridized carbons (Fsp3) is 0.300. The minimum atomic E-state index is -0.963. The monoisotopic (exact) mass is 364 g/mol. The van der Waals surface area contributed by atoms with Crippen LogP contribution in [0.25, 0.3) is 5.65 Å². The standard InChI is InChI=1S/C20H20N4O3/c1-11-8-12(2)24-18(21-11)17(13(3)22-24)19(25)23-7-6-14-4-5-15(20(26)27)9-16(14)10-23/h4-5,8-9H,6-7,10H2,1-3H3,(H,26,27). The Morgan fingerprint density at radius 2 is 1.89 bits per heavy atom. The molecule has 1 aliphatic rings. The number of carbonyl (C=O) groups is 2. The number of hydrogen-bond acceptors (Lipinski definition) is 4. The highest BCUT2D eigenvalue weighted by Gasteiger charge is 2.27. The van der Waals surface area contributed by atoms with Crippen LogP contribution in [-0.4, -0.2) is 43.0 Å². The number of amides is 1. The number of carboxylic acids is 1. The lowest BCUT2D eigenvalue weighted by atomic mass is 9.97. The number of aromatic nitrogens is 3. The second-order valence-corrected chi connectivity index (χ2v) is 7.00. The van der Waals surface area contributed by atoms with Crippen molar-refractivity contribution in [2.75, 3.05) is 6.54 Å². The molecule has 1 aromatic carbocycles. The summed E-state index contributed by atoms with van der Waals surface area (Å²) >= 11 is 0. The molecule has 2 aromatic heterocycles. The zero-order valence-corrected chi connectivity index (χ0v) is 15.5. The molecule has 1 N–H and O–H groups in total. The van der Waals surface area contributed by atoms with Gasteiger partial charge in [-0.1, -0.05) is 6.07 Å². The number of carbonyl (C=O) groups excluding carboxylic acids is 1. The molecule has 0 fully saturated rings. The molecule has 0 atom stereocenters. The Morgan fingerprint density at radius 3 is 2.63 bits per heavy atom. The van der Waals surface area contributed by atoms with Gasteiger partial charge < -0.3 is 10.0 Å². The van der Waals surface area contributed by atoms with Gasteiger partial charge in [0.15, 0.2) is 5.65 Å². The van der Waals surface area contributed by atoms with Crippen LogP contribution < -0.4 is 0 Å². The topological polar surface area (TPSA) is 87.8 Å². The van der Waals surface area contributed by atoms with Gasteiger partial charge in [-0.15, -0.1) is 0 Å². The van der Waals surface area contributed by atoms with Gasteiger partial charge in [-0.25, -0.2) is 14.3 Å². The van der Waals surface area contributed by atoms with Crippen molar-refractivity contribution in [3.8, 4) is 0 Å². The molecule has 0 spiro atoms. The van der Waals surface area contributed by atoms with Crippen LogP contribution >= 0.6 is 0 Å². The highest BCUT2D eigenvalue weighted by atomic mass is 16.4. The Kier molecular flexibility index (Phi) is 3.95. The summed E-state index contributed by atoms with van der Waals surface area (Å²) in [5.74, 6) is -1.08. The van der Waals surface area contributed by atoms with Gasteiger partial charge in [0.25, 0.3) is 5.91 Å². The maximum atomic E-state index is 13.3. The van der Waals surface area contributed by atoms with E-state index in [4.69, 9.17) is 0 Å². The summed E-state index contributed by atoms with van der Waals surface area (Å²) in [4.78, 5) is 30.8. The fourth-order valence-electron chi connectivity index (χ4n) is 3.70. The summed E-state index contributed by atoms with van der Waals surface area (Å²) in [7, 11) is 0. The van der Waals surface area contributed by atoms with Crippen LogP contribution in [0.5, 0.6) is 0 Å². The summed E-state index contributed by atoms with van der Waals surface area (Å²) in [6.07, 6.45) is 0.699. The van der Waals surface area contributed by atoms with Crippen LogP contribution in [0.4, 0.5) is 0 Å². The number of rotatable bonds is 2. The second-order valence-electron chi connectivity index (χ2n) is 7.00. The van der Waals surface area contributed by atoms with Crippen molar-refractivity contribution in [1.29, 1.82) is 0 Å². The Labute approximate surface area is 156 Å². The molecule has 1 amide bonds. The van der Waals surface area contributed by atoms with E-state index in [2.05, 4.69) is 10.1 Å². The van der Waals surface area contributed by atoms with E-state index in [1.165, 1.54) is 0 Å². The van der Waals surface area contributed by atoms with E-state index >= 15 is 0 Å². The van der Waals surface area contributed by atoms with Crippen molar-refractivity contribution < 1.29 is 14.7 Å². The molecule has 27 heavy (non-hydrogen) atoms.